The lowest BCUT2D eigenvalue weighted by Gasteiger charge is -2.24. The number of hydrogen-bond donors (Lipinski definition) is 1. The Kier molecular flexibility index (Phi) is 6.81. The third kappa shape index (κ3) is 5.62. The second kappa shape index (κ2) is 10.1. The summed E-state index contributed by atoms with van der Waals surface area (Å²) in [6.45, 7) is 6.30. The van der Waals surface area contributed by atoms with Gasteiger partial charge in [-0.25, -0.2) is 4.98 Å². The summed E-state index contributed by atoms with van der Waals surface area (Å²) in [5.41, 5.74) is 2.57. The van der Waals surface area contributed by atoms with Crippen LogP contribution in [0.25, 0.3) is 11.3 Å². The van der Waals surface area contributed by atoms with Gasteiger partial charge in [0.15, 0.2) is 5.76 Å². The van der Waals surface area contributed by atoms with Gasteiger partial charge in [0.25, 0.3) is 0 Å². The molecule has 1 fully saturated rings. The Hall–Kier alpha value is -3.36. The number of aliphatic hydroxyl groups excluding tert-OH is 1. The number of nitrogens with zero attached hydrogens (tertiary/aromatic N) is 4. The first-order valence-electron chi connectivity index (χ1n) is 10.2. The van der Waals surface area contributed by atoms with Crippen LogP contribution in [0.4, 0.5) is 0 Å². The molecule has 2 aromatic heterocycles. The Labute approximate surface area is 181 Å². The first-order chi connectivity index (χ1) is 15.2. The van der Waals surface area contributed by atoms with Gasteiger partial charge in [-0.2, -0.15) is 0 Å². The fourth-order valence-electron chi connectivity index (χ4n) is 3.30. The quantitative estimate of drug-likeness (QED) is 0.644. The average Bonchev–Trinajstić information content (AvgIpc) is 3.45. The normalized spacial score (nSPS) is 14.9. The summed E-state index contributed by atoms with van der Waals surface area (Å²) in [5, 5.41) is 13.9. The highest BCUT2D eigenvalue weighted by molar-refractivity contribution is 5.59. The Morgan fingerprint density at radius 1 is 1.16 bits per heavy atom. The summed E-state index contributed by atoms with van der Waals surface area (Å²) < 4.78 is 12.7. The van der Waals surface area contributed by atoms with Crippen molar-refractivity contribution < 1.29 is 14.4 Å². The maximum Gasteiger partial charge on any atom is 0.167 e. The summed E-state index contributed by atoms with van der Waals surface area (Å²) in [5.74, 6) is 13.3. The second-order valence-corrected chi connectivity index (χ2v) is 7.29. The van der Waals surface area contributed by atoms with E-state index in [1.165, 1.54) is 0 Å². The van der Waals surface area contributed by atoms with E-state index in [2.05, 4.69) is 38.7 Å². The first kappa shape index (κ1) is 20.9. The molecule has 1 saturated heterocycles. The van der Waals surface area contributed by atoms with Gasteiger partial charge in [0, 0.05) is 42.7 Å². The largest absolute Gasteiger partial charge is 0.385 e. The summed E-state index contributed by atoms with van der Waals surface area (Å²) in [4.78, 5) is 6.43. The van der Waals surface area contributed by atoms with E-state index >= 15 is 0 Å². The number of aliphatic hydroxyl groups is 1. The van der Waals surface area contributed by atoms with Crippen LogP contribution in [0.5, 0.6) is 0 Å². The molecule has 0 spiro atoms. The van der Waals surface area contributed by atoms with Crippen LogP contribution >= 0.6 is 0 Å². The molecule has 1 aromatic carbocycles. The van der Waals surface area contributed by atoms with E-state index in [4.69, 9.17) is 9.26 Å². The number of aromatic nitrogens is 3. The van der Waals surface area contributed by atoms with E-state index in [1.54, 1.807) is 13.1 Å². The van der Waals surface area contributed by atoms with Gasteiger partial charge in [0.05, 0.1) is 26.3 Å². The van der Waals surface area contributed by atoms with Crippen LogP contribution in [0, 0.1) is 23.7 Å². The molecule has 1 aliphatic rings. The predicted octanol–water partition coefficient (Wildman–Crippen LogP) is 2.33. The van der Waals surface area contributed by atoms with Crippen LogP contribution in [-0.2, 0) is 11.3 Å². The number of ether oxygens (including phenoxy) is 1. The monoisotopic (exact) mass is 416 g/mol. The minimum Gasteiger partial charge on any atom is -0.385 e. The molecule has 1 atom stereocenters. The van der Waals surface area contributed by atoms with Crippen LogP contribution < -0.4 is 0 Å². The summed E-state index contributed by atoms with van der Waals surface area (Å²) in [6, 6.07) is 9.68. The van der Waals surface area contributed by atoms with Crippen molar-refractivity contribution in [2.75, 3.05) is 32.8 Å². The Balaban J connectivity index is 1.35. The molecule has 0 radical (unpaired) electrons. The SMILES string of the molecule is C[C@H](O)c1nccn1Cc1cc(-c2ccc(C#CC#CCN3CCOCC3)cc2)on1. The molecule has 31 heavy (non-hydrogen) atoms. The minimum atomic E-state index is -0.640. The number of imidazole rings is 1. The van der Waals surface area contributed by atoms with Crippen LogP contribution in [0.15, 0.2) is 47.2 Å². The van der Waals surface area contributed by atoms with Gasteiger partial charge in [-0.1, -0.05) is 17.0 Å². The minimum absolute atomic E-state index is 0.483. The lowest BCUT2D eigenvalue weighted by Crippen LogP contribution is -2.36. The van der Waals surface area contributed by atoms with Gasteiger partial charge in [-0.15, -0.1) is 0 Å². The van der Waals surface area contributed by atoms with Gasteiger partial charge in [0.2, 0.25) is 0 Å². The number of hydrogen-bond acceptors (Lipinski definition) is 6. The number of benzene rings is 1. The van der Waals surface area contributed by atoms with E-state index in [-0.39, 0.29) is 0 Å². The van der Waals surface area contributed by atoms with Gasteiger partial charge >= 0.3 is 0 Å². The van der Waals surface area contributed by atoms with Crippen LogP contribution in [0.1, 0.15) is 30.1 Å². The second-order valence-electron chi connectivity index (χ2n) is 7.29. The molecule has 0 aliphatic carbocycles. The zero-order chi connectivity index (χ0) is 21.5. The fourth-order valence-corrected chi connectivity index (χ4v) is 3.30. The van der Waals surface area contributed by atoms with Gasteiger partial charge in [0.1, 0.15) is 17.6 Å². The van der Waals surface area contributed by atoms with Gasteiger partial charge in [-0.05, 0) is 43.0 Å². The molecule has 3 heterocycles. The van der Waals surface area contributed by atoms with E-state index < -0.39 is 6.10 Å². The maximum atomic E-state index is 9.78. The molecular weight excluding hydrogens is 392 g/mol. The zero-order valence-corrected chi connectivity index (χ0v) is 17.4. The Bertz CT molecular complexity index is 1120. The highest BCUT2D eigenvalue weighted by Gasteiger charge is 2.12. The van der Waals surface area contributed by atoms with E-state index in [1.807, 2.05) is 41.1 Å². The van der Waals surface area contributed by atoms with Crippen molar-refractivity contribution >= 4 is 0 Å². The first-order valence-corrected chi connectivity index (χ1v) is 10.2. The molecule has 3 aromatic rings. The standard InChI is InChI=1S/C24H24N4O3/c1-19(29)24-25-10-12-28(24)18-22-17-23(31-26-22)21-8-6-20(7-9-21)5-3-2-4-11-27-13-15-30-16-14-27/h6-10,12,17,19,29H,11,13-16,18H2,1H3/t19-/m0/s1. The summed E-state index contributed by atoms with van der Waals surface area (Å²) in [7, 11) is 0. The van der Waals surface area contributed by atoms with Crippen LogP contribution in [0.3, 0.4) is 0 Å². The third-order valence-electron chi connectivity index (χ3n) is 4.95. The van der Waals surface area contributed by atoms with Crippen molar-refractivity contribution in [1.29, 1.82) is 0 Å². The molecule has 0 amide bonds. The molecule has 0 saturated carbocycles. The number of morpholine rings is 1. The molecule has 7 nitrogen and oxygen atoms in total. The lowest BCUT2D eigenvalue weighted by molar-refractivity contribution is 0.0443. The third-order valence-corrected chi connectivity index (χ3v) is 4.95. The van der Waals surface area contributed by atoms with Crippen molar-refractivity contribution in [3.8, 4) is 35.0 Å². The zero-order valence-electron chi connectivity index (χ0n) is 17.4. The predicted molar refractivity (Wildman–Crippen MR) is 116 cm³/mol. The molecular formula is C24H24N4O3. The van der Waals surface area contributed by atoms with E-state index in [0.717, 1.165) is 49.7 Å². The van der Waals surface area contributed by atoms with Crippen molar-refractivity contribution in [3.63, 3.8) is 0 Å². The molecule has 1 N–H and O–H groups in total. The van der Waals surface area contributed by atoms with Crippen molar-refractivity contribution in [3.05, 3.63) is 59.8 Å². The highest BCUT2D eigenvalue weighted by atomic mass is 16.5. The van der Waals surface area contributed by atoms with E-state index in [0.29, 0.717) is 18.1 Å². The van der Waals surface area contributed by atoms with Gasteiger partial charge < -0.3 is 18.9 Å². The summed E-state index contributed by atoms with van der Waals surface area (Å²) >= 11 is 0. The topological polar surface area (TPSA) is 76.6 Å². The van der Waals surface area contributed by atoms with Gasteiger partial charge in [-0.3, -0.25) is 4.90 Å². The molecule has 7 heteroatoms. The Morgan fingerprint density at radius 3 is 2.74 bits per heavy atom. The highest BCUT2D eigenvalue weighted by Crippen LogP contribution is 2.22. The fraction of sp³-hybridized carbons (Fsp3) is 0.333. The number of rotatable bonds is 5. The Morgan fingerprint density at radius 2 is 1.97 bits per heavy atom. The average molecular weight is 416 g/mol. The molecule has 158 valence electrons. The molecule has 1 aliphatic heterocycles. The van der Waals surface area contributed by atoms with Crippen LogP contribution in [0.2, 0.25) is 0 Å². The molecule has 4 rings (SSSR count). The lowest BCUT2D eigenvalue weighted by atomic mass is 10.1. The molecule has 0 bridgehead atoms. The van der Waals surface area contributed by atoms with E-state index in [9.17, 15) is 5.11 Å². The van der Waals surface area contributed by atoms with Crippen molar-refractivity contribution in [2.24, 2.45) is 0 Å². The van der Waals surface area contributed by atoms with Crippen molar-refractivity contribution in [2.45, 2.75) is 19.6 Å². The molecule has 0 unspecified atom stereocenters. The maximum absolute atomic E-state index is 9.78. The van der Waals surface area contributed by atoms with Crippen LogP contribution in [-0.4, -0.2) is 57.6 Å². The van der Waals surface area contributed by atoms with Crippen molar-refractivity contribution in [1.82, 2.24) is 19.6 Å². The smallest absolute Gasteiger partial charge is 0.167 e. The summed E-state index contributed by atoms with van der Waals surface area (Å²) in [6.07, 6.45) is 2.84.